The molecule has 86 valence electrons. The van der Waals surface area contributed by atoms with Crippen LogP contribution in [0.3, 0.4) is 0 Å². The first-order chi connectivity index (χ1) is 7.92. The third-order valence-corrected chi connectivity index (χ3v) is 3.73. The molecule has 1 aromatic carbocycles. The van der Waals surface area contributed by atoms with Crippen molar-refractivity contribution in [3.05, 3.63) is 29.3 Å². The van der Waals surface area contributed by atoms with Gasteiger partial charge in [0.2, 0.25) is 0 Å². The Hall–Kier alpha value is -1.02. The summed E-state index contributed by atoms with van der Waals surface area (Å²) < 4.78 is 0. The summed E-state index contributed by atoms with van der Waals surface area (Å²) in [4.78, 5) is 2.59. The van der Waals surface area contributed by atoms with Crippen LogP contribution in [0.1, 0.15) is 30.4 Å². The largest absolute Gasteiger partial charge is 0.384 e. The fraction of sp³-hybridized carbons (Fsp3) is 0.571. The number of benzene rings is 1. The van der Waals surface area contributed by atoms with E-state index >= 15 is 0 Å². The van der Waals surface area contributed by atoms with Crippen LogP contribution in [0.2, 0.25) is 0 Å². The fourth-order valence-corrected chi connectivity index (χ4v) is 2.83. The lowest BCUT2D eigenvalue weighted by atomic mass is 10.1. The normalized spacial score (nSPS) is 20.5. The summed E-state index contributed by atoms with van der Waals surface area (Å²) in [5, 5.41) is 3.42. The molecule has 2 aliphatic rings. The molecular formula is C14H20N2. The Bertz CT molecular complexity index is 367. The van der Waals surface area contributed by atoms with Crippen molar-refractivity contribution in [2.75, 3.05) is 25.0 Å². The van der Waals surface area contributed by atoms with Crippen molar-refractivity contribution in [3.8, 4) is 0 Å². The van der Waals surface area contributed by atoms with Crippen LogP contribution in [0.4, 0.5) is 5.69 Å². The number of nitrogens with one attached hydrogen (secondary N) is 1. The first-order valence-corrected chi connectivity index (χ1v) is 6.50. The van der Waals surface area contributed by atoms with Crippen molar-refractivity contribution in [2.45, 2.75) is 32.2 Å². The molecule has 0 saturated carbocycles. The Morgan fingerprint density at radius 1 is 1.12 bits per heavy atom. The van der Waals surface area contributed by atoms with Crippen molar-refractivity contribution >= 4 is 5.69 Å². The average Bonchev–Trinajstić information content (AvgIpc) is 2.77. The third-order valence-electron chi connectivity index (χ3n) is 3.73. The zero-order chi connectivity index (χ0) is 10.8. The molecule has 2 heterocycles. The highest BCUT2D eigenvalue weighted by atomic mass is 15.1. The number of nitrogens with zero attached hydrogens (tertiary/aromatic N) is 1. The predicted octanol–water partition coefficient (Wildman–Crippen LogP) is 2.64. The zero-order valence-electron chi connectivity index (χ0n) is 9.84. The molecule has 0 aliphatic carbocycles. The van der Waals surface area contributed by atoms with Gasteiger partial charge in [-0.05, 0) is 49.5 Å². The molecule has 1 fully saturated rings. The number of hydrogen-bond donors (Lipinski definition) is 1. The number of likely N-dealkylation sites (tertiary alicyclic amines) is 1. The van der Waals surface area contributed by atoms with E-state index in [4.69, 9.17) is 0 Å². The van der Waals surface area contributed by atoms with E-state index in [1.165, 1.54) is 55.6 Å². The van der Waals surface area contributed by atoms with Gasteiger partial charge in [0.15, 0.2) is 0 Å². The quantitative estimate of drug-likeness (QED) is 0.817. The smallest absolute Gasteiger partial charge is 0.0373 e. The summed E-state index contributed by atoms with van der Waals surface area (Å²) in [5.41, 5.74) is 4.35. The summed E-state index contributed by atoms with van der Waals surface area (Å²) in [6, 6.07) is 6.93. The van der Waals surface area contributed by atoms with Crippen LogP contribution in [0.25, 0.3) is 0 Å². The summed E-state index contributed by atoms with van der Waals surface area (Å²) in [6.07, 6.45) is 5.38. The van der Waals surface area contributed by atoms with Gasteiger partial charge in [0.25, 0.3) is 0 Å². The maximum atomic E-state index is 3.42. The molecule has 0 unspecified atom stereocenters. The topological polar surface area (TPSA) is 15.3 Å². The molecule has 0 aromatic heterocycles. The lowest BCUT2D eigenvalue weighted by molar-refractivity contribution is 0.221. The molecule has 0 amide bonds. The van der Waals surface area contributed by atoms with Crippen LogP contribution in [-0.4, -0.2) is 24.5 Å². The number of rotatable bonds is 2. The van der Waals surface area contributed by atoms with Gasteiger partial charge in [-0.15, -0.1) is 0 Å². The number of hydrogen-bond acceptors (Lipinski definition) is 2. The highest BCUT2D eigenvalue weighted by Crippen LogP contribution is 2.24. The van der Waals surface area contributed by atoms with Crippen LogP contribution in [0.5, 0.6) is 0 Å². The van der Waals surface area contributed by atoms with Crippen LogP contribution < -0.4 is 5.32 Å². The molecule has 0 spiro atoms. The Balaban J connectivity index is 1.69. The van der Waals surface area contributed by atoms with Crippen molar-refractivity contribution < 1.29 is 0 Å². The van der Waals surface area contributed by atoms with E-state index in [0.717, 1.165) is 13.1 Å². The fourth-order valence-electron chi connectivity index (χ4n) is 2.83. The monoisotopic (exact) mass is 216 g/mol. The zero-order valence-corrected chi connectivity index (χ0v) is 9.84. The van der Waals surface area contributed by atoms with E-state index in [-0.39, 0.29) is 0 Å². The van der Waals surface area contributed by atoms with Gasteiger partial charge in [0, 0.05) is 18.8 Å². The van der Waals surface area contributed by atoms with E-state index < -0.39 is 0 Å². The van der Waals surface area contributed by atoms with E-state index in [1.807, 2.05) is 0 Å². The second-order valence-electron chi connectivity index (χ2n) is 5.01. The molecule has 0 radical (unpaired) electrons. The van der Waals surface area contributed by atoms with Gasteiger partial charge in [-0.2, -0.15) is 0 Å². The second-order valence-corrected chi connectivity index (χ2v) is 5.01. The molecule has 1 saturated heterocycles. The summed E-state index contributed by atoms with van der Waals surface area (Å²) in [6.45, 7) is 4.83. The number of fused-ring (bicyclic) bond motifs is 1. The van der Waals surface area contributed by atoms with Gasteiger partial charge in [0.1, 0.15) is 0 Å². The van der Waals surface area contributed by atoms with E-state index in [9.17, 15) is 0 Å². The van der Waals surface area contributed by atoms with E-state index in [1.54, 1.807) is 0 Å². The molecule has 2 heteroatoms. The summed E-state index contributed by atoms with van der Waals surface area (Å²) >= 11 is 0. The molecule has 2 nitrogen and oxygen atoms in total. The molecule has 0 atom stereocenters. The summed E-state index contributed by atoms with van der Waals surface area (Å²) in [5.74, 6) is 0. The van der Waals surface area contributed by atoms with Crippen molar-refractivity contribution in [1.82, 2.24) is 4.90 Å². The van der Waals surface area contributed by atoms with Crippen LogP contribution >= 0.6 is 0 Å². The molecule has 1 N–H and O–H groups in total. The second kappa shape index (κ2) is 4.46. The van der Waals surface area contributed by atoms with Gasteiger partial charge in [-0.1, -0.05) is 18.6 Å². The predicted molar refractivity (Wildman–Crippen MR) is 67.8 cm³/mol. The minimum atomic E-state index is 1.11. The van der Waals surface area contributed by atoms with E-state index in [0.29, 0.717) is 0 Å². The van der Waals surface area contributed by atoms with Gasteiger partial charge in [0.05, 0.1) is 0 Å². The first kappa shape index (κ1) is 10.2. The van der Waals surface area contributed by atoms with Gasteiger partial charge in [-0.25, -0.2) is 0 Å². The van der Waals surface area contributed by atoms with Crippen molar-refractivity contribution in [3.63, 3.8) is 0 Å². The molecule has 3 rings (SSSR count). The summed E-state index contributed by atoms with van der Waals surface area (Å²) in [7, 11) is 0. The maximum Gasteiger partial charge on any atom is 0.0373 e. The highest BCUT2D eigenvalue weighted by Gasteiger charge is 2.13. The van der Waals surface area contributed by atoms with Crippen LogP contribution in [-0.2, 0) is 13.0 Å². The highest BCUT2D eigenvalue weighted by molar-refractivity contribution is 5.56. The molecule has 0 bridgehead atoms. The van der Waals surface area contributed by atoms with Gasteiger partial charge in [-0.3, -0.25) is 4.90 Å². The molecule has 2 aliphatic heterocycles. The van der Waals surface area contributed by atoms with Gasteiger partial charge >= 0.3 is 0 Å². The third kappa shape index (κ3) is 2.07. The Labute approximate surface area is 97.6 Å². The van der Waals surface area contributed by atoms with Crippen molar-refractivity contribution in [2.24, 2.45) is 0 Å². The lowest BCUT2D eigenvalue weighted by Gasteiger charge is -2.26. The Kier molecular flexibility index (Phi) is 2.83. The van der Waals surface area contributed by atoms with Crippen LogP contribution in [0.15, 0.2) is 18.2 Å². The Morgan fingerprint density at radius 3 is 2.88 bits per heavy atom. The number of piperidine rings is 1. The minimum Gasteiger partial charge on any atom is -0.384 e. The minimum absolute atomic E-state index is 1.11. The molecule has 1 aromatic rings. The SMILES string of the molecule is c1cc2c(cc1CN1CCCCC1)CCN2. The molecular weight excluding hydrogens is 196 g/mol. The lowest BCUT2D eigenvalue weighted by Crippen LogP contribution is -2.29. The van der Waals surface area contributed by atoms with Gasteiger partial charge < -0.3 is 5.32 Å². The van der Waals surface area contributed by atoms with Crippen LogP contribution in [0, 0.1) is 0 Å². The van der Waals surface area contributed by atoms with Crippen molar-refractivity contribution in [1.29, 1.82) is 0 Å². The number of anilines is 1. The average molecular weight is 216 g/mol. The standard InChI is InChI=1S/C14H20N2/c1-2-8-16(9-3-1)11-12-4-5-14-13(10-12)6-7-15-14/h4-5,10,15H,1-3,6-9,11H2. The molecule has 16 heavy (non-hydrogen) atoms. The maximum absolute atomic E-state index is 3.42. The first-order valence-electron chi connectivity index (χ1n) is 6.50. The Morgan fingerprint density at radius 2 is 2.00 bits per heavy atom. The van der Waals surface area contributed by atoms with E-state index in [2.05, 4.69) is 28.4 Å².